The molecule has 1 fully saturated rings. The van der Waals surface area contributed by atoms with Gasteiger partial charge in [-0.1, -0.05) is 35.9 Å². The Morgan fingerprint density at radius 2 is 1.60 bits per heavy atom. The van der Waals surface area contributed by atoms with Gasteiger partial charge in [0.2, 0.25) is 0 Å². The van der Waals surface area contributed by atoms with Crippen LogP contribution in [0.25, 0.3) is 11.4 Å². The number of morpholine rings is 1. The average molecular weight is 491 g/mol. The van der Waals surface area contributed by atoms with Crippen LogP contribution in [0.1, 0.15) is 17.0 Å². The molecule has 178 valence electrons. The van der Waals surface area contributed by atoms with Crippen molar-refractivity contribution in [3.63, 3.8) is 0 Å². The molecular weight excluding hydrogens is 467 g/mol. The summed E-state index contributed by atoms with van der Waals surface area (Å²) in [6.07, 6.45) is 3.87. The minimum Gasteiger partial charge on any atom is -0.379 e. The predicted octanol–water partition coefficient (Wildman–Crippen LogP) is 4.89. The van der Waals surface area contributed by atoms with Crippen LogP contribution in [0.3, 0.4) is 0 Å². The van der Waals surface area contributed by atoms with Gasteiger partial charge in [-0.25, -0.2) is 24.3 Å². The Kier molecular flexibility index (Phi) is 7.23. The molecule has 1 aliphatic rings. The highest BCUT2D eigenvalue weighted by Gasteiger charge is 2.12. The Balaban J connectivity index is 1.25. The van der Waals surface area contributed by atoms with Crippen molar-refractivity contribution < 1.29 is 9.13 Å². The lowest BCUT2D eigenvalue weighted by Gasteiger charge is -2.26. The lowest BCUT2D eigenvalue weighted by Crippen LogP contribution is -2.35. The fourth-order valence-corrected chi connectivity index (χ4v) is 4.05. The van der Waals surface area contributed by atoms with Crippen LogP contribution < -0.4 is 5.32 Å². The van der Waals surface area contributed by atoms with Crippen LogP contribution in [0.2, 0.25) is 5.02 Å². The van der Waals surface area contributed by atoms with Crippen molar-refractivity contribution >= 4 is 23.2 Å². The van der Waals surface area contributed by atoms with Crippen molar-refractivity contribution in [3.05, 3.63) is 94.8 Å². The molecule has 2 aromatic heterocycles. The molecular formula is C26H24ClFN6O. The lowest BCUT2D eigenvalue weighted by molar-refractivity contribution is 0.0342. The molecule has 0 spiro atoms. The molecule has 0 saturated carbocycles. The molecule has 0 radical (unpaired) electrons. The molecule has 9 heteroatoms. The van der Waals surface area contributed by atoms with Crippen LogP contribution in [0, 0.1) is 5.82 Å². The normalized spacial score (nSPS) is 14.1. The van der Waals surface area contributed by atoms with Crippen molar-refractivity contribution in [2.24, 2.45) is 0 Å². The number of anilines is 2. The van der Waals surface area contributed by atoms with Gasteiger partial charge in [-0.15, -0.1) is 0 Å². The van der Waals surface area contributed by atoms with Crippen LogP contribution in [-0.2, 0) is 17.7 Å². The van der Waals surface area contributed by atoms with Gasteiger partial charge in [-0.3, -0.25) is 4.90 Å². The van der Waals surface area contributed by atoms with E-state index >= 15 is 0 Å². The van der Waals surface area contributed by atoms with Crippen LogP contribution in [0.15, 0.2) is 67.0 Å². The van der Waals surface area contributed by atoms with Crippen molar-refractivity contribution in [2.75, 3.05) is 31.6 Å². The summed E-state index contributed by atoms with van der Waals surface area (Å²) in [5.74, 6) is 1.57. The molecule has 3 heterocycles. The maximum Gasteiger partial charge on any atom is 0.164 e. The number of aromatic nitrogens is 4. The zero-order valence-electron chi connectivity index (χ0n) is 19.0. The van der Waals surface area contributed by atoms with E-state index in [9.17, 15) is 4.39 Å². The Morgan fingerprint density at radius 1 is 0.886 bits per heavy atom. The predicted molar refractivity (Wildman–Crippen MR) is 133 cm³/mol. The van der Waals surface area contributed by atoms with Crippen LogP contribution in [0.5, 0.6) is 0 Å². The zero-order chi connectivity index (χ0) is 24.0. The number of benzene rings is 2. The first-order valence-electron chi connectivity index (χ1n) is 11.4. The molecule has 1 N–H and O–H groups in total. The summed E-state index contributed by atoms with van der Waals surface area (Å²) in [6.45, 7) is 4.47. The molecule has 0 amide bonds. The van der Waals surface area contributed by atoms with Gasteiger partial charge in [-0.05, 0) is 41.5 Å². The van der Waals surface area contributed by atoms with Gasteiger partial charge in [0.25, 0.3) is 0 Å². The summed E-state index contributed by atoms with van der Waals surface area (Å²) in [5, 5.41) is 3.57. The maximum atomic E-state index is 14.2. The van der Waals surface area contributed by atoms with E-state index in [1.54, 1.807) is 24.5 Å². The number of nitrogens with one attached hydrogen (secondary N) is 1. The first-order valence-corrected chi connectivity index (χ1v) is 11.8. The van der Waals surface area contributed by atoms with Crippen molar-refractivity contribution in [3.8, 4) is 11.4 Å². The monoisotopic (exact) mass is 490 g/mol. The van der Waals surface area contributed by atoms with E-state index in [4.69, 9.17) is 16.3 Å². The summed E-state index contributed by atoms with van der Waals surface area (Å²) in [4.78, 5) is 20.0. The first-order chi connectivity index (χ1) is 17.1. The third kappa shape index (κ3) is 6.16. The topological polar surface area (TPSA) is 76.1 Å². The van der Waals surface area contributed by atoms with E-state index in [2.05, 4.69) is 54.4 Å². The van der Waals surface area contributed by atoms with Gasteiger partial charge in [0.15, 0.2) is 5.82 Å². The molecule has 35 heavy (non-hydrogen) atoms. The standard InChI is InChI=1S/C26H24ClFN6O/c27-20-5-6-22(28)21(16-20)26-30-10-8-24(33-26)31-23-7-9-29-25(32-23)15-18-1-3-19(4-2-18)17-34-11-13-35-14-12-34/h1-10,16H,11-15,17H2,(H,29,30,31,32,33). The van der Waals surface area contributed by atoms with Crippen molar-refractivity contribution in [1.82, 2.24) is 24.8 Å². The van der Waals surface area contributed by atoms with Crippen molar-refractivity contribution in [1.29, 1.82) is 0 Å². The summed E-state index contributed by atoms with van der Waals surface area (Å²) in [6, 6.07) is 16.3. The number of halogens is 2. The quantitative estimate of drug-likeness (QED) is 0.395. The van der Waals surface area contributed by atoms with E-state index < -0.39 is 5.82 Å². The minimum absolute atomic E-state index is 0.237. The summed E-state index contributed by atoms with van der Waals surface area (Å²) < 4.78 is 19.6. The minimum atomic E-state index is -0.438. The van der Waals surface area contributed by atoms with Gasteiger partial charge < -0.3 is 10.1 Å². The molecule has 0 atom stereocenters. The van der Waals surface area contributed by atoms with E-state index in [1.807, 2.05) is 0 Å². The highest BCUT2D eigenvalue weighted by molar-refractivity contribution is 6.30. The molecule has 5 rings (SSSR count). The largest absolute Gasteiger partial charge is 0.379 e. The van der Waals surface area contributed by atoms with Crippen molar-refractivity contribution in [2.45, 2.75) is 13.0 Å². The second kappa shape index (κ2) is 10.9. The second-order valence-electron chi connectivity index (χ2n) is 8.25. The van der Waals surface area contributed by atoms with Gasteiger partial charge >= 0.3 is 0 Å². The lowest BCUT2D eigenvalue weighted by atomic mass is 10.1. The number of hydrogen-bond donors (Lipinski definition) is 1. The highest BCUT2D eigenvalue weighted by atomic mass is 35.5. The zero-order valence-corrected chi connectivity index (χ0v) is 19.7. The van der Waals surface area contributed by atoms with E-state index in [1.165, 1.54) is 23.8 Å². The molecule has 4 aromatic rings. The first kappa shape index (κ1) is 23.3. The maximum absolute atomic E-state index is 14.2. The Labute approximate surface area is 208 Å². The Morgan fingerprint density at radius 3 is 2.40 bits per heavy atom. The highest BCUT2D eigenvalue weighted by Crippen LogP contribution is 2.24. The third-order valence-corrected chi connectivity index (χ3v) is 5.92. The van der Waals surface area contributed by atoms with Crippen LogP contribution >= 0.6 is 11.6 Å². The number of rotatable bonds is 7. The average Bonchev–Trinajstić information content (AvgIpc) is 2.88. The van der Waals surface area contributed by atoms with E-state index in [-0.39, 0.29) is 11.4 Å². The molecule has 0 aliphatic carbocycles. The van der Waals surface area contributed by atoms with E-state index in [0.717, 1.165) is 38.4 Å². The summed E-state index contributed by atoms with van der Waals surface area (Å²) in [5.41, 5.74) is 2.65. The second-order valence-corrected chi connectivity index (χ2v) is 8.69. The molecule has 7 nitrogen and oxygen atoms in total. The fourth-order valence-electron chi connectivity index (χ4n) is 3.87. The molecule has 1 aliphatic heterocycles. The summed E-state index contributed by atoms with van der Waals surface area (Å²) in [7, 11) is 0. The smallest absolute Gasteiger partial charge is 0.164 e. The Hall–Kier alpha value is -3.46. The van der Waals surface area contributed by atoms with E-state index in [0.29, 0.717) is 28.9 Å². The Bertz CT molecular complexity index is 1300. The summed E-state index contributed by atoms with van der Waals surface area (Å²) >= 11 is 6.01. The van der Waals surface area contributed by atoms with Gasteiger partial charge in [0, 0.05) is 43.5 Å². The van der Waals surface area contributed by atoms with Crippen LogP contribution in [0.4, 0.5) is 16.0 Å². The number of ether oxygens (including phenoxy) is 1. The molecule has 2 aromatic carbocycles. The SMILES string of the molecule is Fc1ccc(Cl)cc1-c1nccc(Nc2ccnc(Cc3ccc(CN4CCOCC4)cc3)n2)n1. The third-order valence-electron chi connectivity index (χ3n) is 5.68. The van der Waals surface area contributed by atoms with Gasteiger partial charge in [0.1, 0.15) is 23.3 Å². The van der Waals surface area contributed by atoms with Gasteiger partial charge in [0.05, 0.1) is 18.8 Å². The molecule has 0 bridgehead atoms. The number of nitrogens with zero attached hydrogens (tertiary/aromatic N) is 5. The molecule has 1 saturated heterocycles. The number of hydrogen-bond acceptors (Lipinski definition) is 7. The van der Waals surface area contributed by atoms with Crippen LogP contribution in [-0.4, -0.2) is 51.1 Å². The molecule has 0 unspecified atom stereocenters. The fraction of sp³-hybridized carbons (Fsp3) is 0.231. The van der Waals surface area contributed by atoms with Gasteiger partial charge in [-0.2, -0.15) is 0 Å².